The fourth-order valence-corrected chi connectivity index (χ4v) is 1.42. The van der Waals surface area contributed by atoms with Crippen molar-refractivity contribution in [2.75, 3.05) is 5.01 Å². The largest absolute Gasteiger partial charge is 0.369 e. The molecule has 1 aromatic carbocycles. The summed E-state index contributed by atoms with van der Waals surface area (Å²) in [5, 5.41) is 9.00. The summed E-state index contributed by atoms with van der Waals surface area (Å²) in [5.41, 5.74) is 9.02. The van der Waals surface area contributed by atoms with E-state index in [0.717, 1.165) is 11.5 Å². The Kier molecular flexibility index (Phi) is 2.77. The van der Waals surface area contributed by atoms with E-state index >= 15 is 0 Å². The van der Waals surface area contributed by atoms with Crippen LogP contribution < -0.4 is 16.2 Å². The highest BCUT2D eigenvalue weighted by Crippen LogP contribution is 2.20. The number of rotatable bonds is 3. The maximum absolute atomic E-state index is 7.29. The molecule has 0 aliphatic carbocycles. The van der Waals surface area contributed by atoms with Gasteiger partial charge in [0.05, 0.1) is 5.69 Å². The van der Waals surface area contributed by atoms with Crippen LogP contribution in [0, 0.1) is 5.41 Å². The molecule has 5 N–H and O–H groups in total. The number of aromatic amines is 1. The van der Waals surface area contributed by atoms with E-state index in [-0.39, 0.29) is 5.96 Å². The average molecular weight is 215 g/mol. The molecule has 5 heteroatoms. The van der Waals surface area contributed by atoms with Crippen molar-refractivity contribution in [1.82, 2.24) is 10.4 Å². The van der Waals surface area contributed by atoms with E-state index in [1.54, 1.807) is 5.01 Å². The molecule has 2 rings (SSSR count). The number of nitrogens with one attached hydrogen (secondary N) is 3. The van der Waals surface area contributed by atoms with Crippen LogP contribution in [0.4, 0.5) is 11.5 Å². The summed E-state index contributed by atoms with van der Waals surface area (Å²) in [6.07, 6.45) is 1.81. The van der Waals surface area contributed by atoms with Crippen LogP contribution >= 0.6 is 0 Å². The zero-order valence-electron chi connectivity index (χ0n) is 8.64. The molecule has 16 heavy (non-hydrogen) atoms. The highest BCUT2D eigenvalue weighted by molar-refractivity contribution is 5.78. The minimum Gasteiger partial charge on any atom is -0.369 e. The highest BCUT2D eigenvalue weighted by atomic mass is 15.6. The lowest BCUT2D eigenvalue weighted by atomic mass is 10.3. The Morgan fingerprint density at radius 1 is 1.19 bits per heavy atom. The second kappa shape index (κ2) is 4.39. The Morgan fingerprint density at radius 3 is 2.50 bits per heavy atom. The van der Waals surface area contributed by atoms with E-state index in [2.05, 4.69) is 10.4 Å². The number of hydrogen-bond acceptors (Lipinski definition) is 2. The topological polar surface area (TPSA) is 80.9 Å². The molecule has 82 valence electrons. The van der Waals surface area contributed by atoms with Gasteiger partial charge >= 0.3 is 0 Å². The van der Waals surface area contributed by atoms with Gasteiger partial charge in [0.25, 0.3) is 0 Å². The minimum absolute atomic E-state index is 0.113. The van der Waals surface area contributed by atoms with E-state index < -0.39 is 0 Å². The monoisotopic (exact) mass is 215 g/mol. The van der Waals surface area contributed by atoms with E-state index in [1.807, 2.05) is 48.7 Å². The molecule has 0 spiro atoms. The Hall–Kier alpha value is -2.43. The smallest absolute Gasteiger partial charge is 0.205 e. The van der Waals surface area contributed by atoms with Gasteiger partial charge < -0.3 is 10.7 Å². The quantitative estimate of drug-likeness (QED) is 0.356. The molecule has 0 aliphatic rings. The summed E-state index contributed by atoms with van der Waals surface area (Å²) in [5.74, 6) is 0.708. The first-order chi connectivity index (χ1) is 7.77. The molecule has 0 unspecified atom stereocenters. The molecule has 2 aromatic rings. The predicted molar refractivity (Wildman–Crippen MR) is 64.4 cm³/mol. The normalized spacial score (nSPS) is 9.75. The van der Waals surface area contributed by atoms with E-state index in [4.69, 9.17) is 11.1 Å². The fourth-order valence-electron chi connectivity index (χ4n) is 1.42. The first-order valence-electron chi connectivity index (χ1n) is 4.86. The van der Waals surface area contributed by atoms with Gasteiger partial charge in [-0.05, 0) is 24.3 Å². The standard InChI is InChI=1S/C11H13N5/c12-11(13)15-16(10-7-4-8-14-10)9-5-2-1-3-6-9/h1-8,14H,(H4,12,13,15). The van der Waals surface area contributed by atoms with E-state index in [0.29, 0.717) is 0 Å². The molecule has 0 atom stereocenters. The second-order valence-electron chi connectivity index (χ2n) is 3.25. The van der Waals surface area contributed by atoms with Crippen LogP contribution in [0.2, 0.25) is 0 Å². The van der Waals surface area contributed by atoms with Crippen molar-refractivity contribution in [2.24, 2.45) is 5.73 Å². The molecule has 0 radical (unpaired) electrons. The molecule has 0 aliphatic heterocycles. The van der Waals surface area contributed by atoms with Crippen molar-refractivity contribution in [1.29, 1.82) is 5.41 Å². The third kappa shape index (κ3) is 2.14. The van der Waals surface area contributed by atoms with Crippen LogP contribution in [0.15, 0.2) is 48.7 Å². The number of nitrogens with zero attached hydrogens (tertiary/aromatic N) is 1. The summed E-state index contributed by atoms with van der Waals surface area (Å²) in [7, 11) is 0. The van der Waals surface area contributed by atoms with Gasteiger partial charge in [-0.15, -0.1) is 0 Å². The molecule has 0 fully saturated rings. The SMILES string of the molecule is N=C(N)NN(c1ccccc1)c1ccc[nH]1. The molecule has 0 amide bonds. The molecule has 0 bridgehead atoms. The van der Waals surface area contributed by atoms with Crippen LogP contribution in [0.3, 0.4) is 0 Å². The van der Waals surface area contributed by atoms with Crippen LogP contribution in [-0.2, 0) is 0 Å². The lowest BCUT2D eigenvalue weighted by Gasteiger charge is -2.23. The van der Waals surface area contributed by atoms with Gasteiger partial charge in [-0.25, -0.2) is 5.01 Å². The Balaban J connectivity index is 2.32. The lowest BCUT2D eigenvalue weighted by molar-refractivity contribution is 0.896. The number of guanidine groups is 1. The summed E-state index contributed by atoms with van der Waals surface area (Å²) >= 11 is 0. The average Bonchev–Trinajstić information content (AvgIpc) is 2.80. The fraction of sp³-hybridized carbons (Fsp3) is 0. The lowest BCUT2D eigenvalue weighted by Crippen LogP contribution is -2.42. The van der Waals surface area contributed by atoms with E-state index in [9.17, 15) is 0 Å². The molecular formula is C11H13N5. The van der Waals surface area contributed by atoms with Crippen molar-refractivity contribution >= 4 is 17.5 Å². The molecule has 0 saturated heterocycles. The van der Waals surface area contributed by atoms with Gasteiger partial charge in [-0.2, -0.15) is 0 Å². The minimum atomic E-state index is -0.113. The number of para-hydroxylation sites is 1. The van der Waals surface area contributed by atoms with Gasteiger partial charge in [-0.3, -0.25) is 10.8 Å². The zero-order chi connectivity index (χ0) is 11.4. The van der Waals surface area contributed by atoms with Crippen molar-refractivity contribution in [2.45, 2.75) is 0 Å². The van der Waals surface area contributed by atoms with Crippen LogP contribution in [0.25, 0.3) is 0 Å². The molecule has 1 aromatic heterocycles. The van der Waals surface area contributed by atoms with Crippen molar-refractivity contribution in [3.8, 4) is 0 Å². The summed E-state index contributed by atoms with van der Waals surface area (Å²) in [6, 6.07) is 13.4. The molecule has 0 saturated carbocycles. The number of H-pyrrole nitrogens is 1. The number of nitrogens with two attached hydrogens (primary N) is 1. The van der Waals surface area contributed by atoms with Gasteiger partial charge in [0.15, 0.2) is 0 Å². The third-order valence-corrected chi connectivity index (χ3v) is 2.07. The first-order valence-corrected chi connectivity index (χ1v) is 4.86. The molecular weight excluding hydrogens is 202 g/mol. The summed E-state index contributed by atoms with van der Waals surface area (Å²) in [4.78, 5) is 3.05. The zero-order valence-corrected chi connectivity index (χ0v) is 8.64. The summed E-state index contributed by atoms with van der Waals surface area (Å²) < 4.78 is 0. The highest BCUT2D eigenvalue weighted by Gasteiger charge is 2.09. The third-order valence-electron chi connectivity index (χ3n) is 2.07. The van der Waals surface area contributed by atoms with Crippen LogP contribution in [0.5, 0.6) is 0 Å². The predicted octanol–water partition coefficient (Wildman–Crippen LogP) is 1.55. The Labute approximate surface area is 93.4 Å². The number of hydrazine groups is 1. The Morgan fingerprint density at radius 2 is 1.94 bits per heavy atom. The van der Waals surface area contributed by atoms with Crippen molar-refractivity contribution < 1.29 is 0 Å². The maximum Gasteiger partial charge on any atom is 0.205 e. The van der Waals surface area contributed by atoms with Gasteiger partial charge in [0.1, 0.15) is 5.82 Å². The molecule has 5 nitrogen and oxygen atoms in total. The van der Waals surface area contributed by atoms with Crippen LogP contribution in [0.1, 0.15) is 0 Å². The number of aromatic nitrogens is 1. The maximum atomic E-state index is 7.29. The number of benzene rings is 1. The van der Waals surface area contributed by atoms with Gasteiger partial charge in [0, 0.05) is 6.20 Å². The van der Waals surface area contributed by atoms with E-state index in [1.165, 1.54) is 0 Å². The Bertz CT molecular complexity index is 448. The van der Waals surface area contributed by atoms with Gasteiger partial charge in [-0.1, -0.05) is 18.2 Å². The second-order valence-corrected chi connectivity index (χ2v) is 3.25. The summed E-state index contributed by atoms with van der Waals surface area (Å²) in [6.45, 7) is 0. The van der Waals surface area contributed by atoms with Crippen molar-refractivity contribution in [3.05, 3.63) is 48.7 Å². The van der Waals surface area contributed by atoms with Crippen molar-refractivity contribution in [3.63, 3.8) is 0 Å². The number of hydrogen-bond donors (Lipinski definition) is 4. The number of anilines is 2. The molecule has 1 heterocycles. The first kappa shape index (κ1) is 10.1. The van der Waals surface area contributed by atoms with Gasteiger partial charge in [0.2, 0.25) is 5.96 Å². The van der Waals surface area contributed by atoms with Crippen LogP contribution in [-0.4, -0.2) is 10.9 Å².